The molecule has 27 heavy (non-hydrogen) atoms. The second kappa shape index (κ2) is 10.5. The van der Waals surface area contributed by atoms with Crippen LogP contribution in [0, 0.1) is 0 Å². The molecule has 2 heterocycles. The summed E-state index contributed by atoms with van der Waals surface area (Å²) in [6, 6.07) is 3.39. The van der Waals surface area contributed by atoms with Crippen LogP contribution in [0.25, 0.3) is 0 Å². The van der Waals surface area contributed by atoms with Gasteiger partial charge < -0.3 is 24.9 Å². The molecule has 0 unspecified atom stereocenters. The Labute approximate surface area is 177 Å². The molecule has 0 aliphatic carbocycles. The lowest BCUT2D eigenvalue weighted by molar-refractivity contribution is -0.121. The van der Waals surface area contributed by atoms with Crippen LogP contribution in [0.15, 0.2) is 27.8 Å². The topological polar surface area (TPSA) is 90.2 Å². The van der Waals surface area contributed by atoms with Crippen molar-refractivity contribution in [3.05, 3.63) is 24.2 Å². The van der Waals surface area contributed by atoms with Gasteiger partial charge in [-0.15, -0.1) is 24.0 Å². The molecule has 2 amide bonds. The zero-order chi connectivity index (χ0) is 19.2. The van der Waals surface area contributed by atoms with Crippen LogP contribution >= 0.6 is 24.0 Å². The van der Waals surface area contributed by atoms with Crippen LogP contribution < -0.4 is 10.6 Å². The fraction of sp³-hybridized carbons (Fsp3) is 0.611. The molecular weight excluding hydrogens is 461 g/mol. The first kappa shape index (κ1) is 23.3. The lowest BCUT2D eigenvalue weighted by atomic mass is 10.1. The van der Waals surface area contributed by atoms with Crippen molar-refractivity contribution in [2.45, 2.75) is 33.2 Å². The summed E-state index contributed by atoms with van der Waals surface area (Å²) < 4.78 is 5.18. The molecule has 1 aromatic heterocycles. The molecule has 1 aromatic rings. The van der Waals surface area contributed by atoms with Crippen molar-refractivity contribution in [2.75, 3.05) is 39.3 Å². The average Bonchev–Trinajstić information content (AvgIpc) is 3.11. The standard InChI is InChI=1S/C18H29N5O3.HI/c1-5-19-17(20-13-15(24)21-18(2,3)4)23-10-8-22(9-11-23)16(25)14-7-6-12-26-14;/h6-7,12H,5,8-11,13H2,1-4H3,(H,19,20)(H,21,24);1H. The Morgan fingerprint density at radius 3 is 2.33 bits per heavy atom. The van der Waals surface area contributed by atoms with Crippen molar-refractivity contribution < 1.29 is 14.0 Å². The van der Waals surface area contributed by atoms with Crippen LogP contribution in [0.3, 0.4) is 0 Å². The van der Waals surface area contributed by atoms with Crippen LogP contribution in [0.4, 0.5) is 0 Å². The lowest BCUT2D eigenvalue weighted by Gasteiger charge is -2.36. The molecule has 9 heteroatoms. The first-order chi connectivity index (χ1) is 12.3. The molecule has 1 aliphatic heterocycles. The Morgan fingerprint density at radius 1 is 1.19 bits per heavy atom. The van der Waals surface area contributed by atoms with Gasteiger partial charge >= 0.3 is 0 Å². The lowest BCUT2D eigenvalue weighted by Crippen LogP contribution is -2.54. The van der Waals surface area contributed by atoms with Crippen molar-refractivity contribution in [3.63, 3.8) is 0 Å². The van der Waals surface area contributed by atoms with Gasteiger partial charge in [0.15, 0.2) is 11.7 Å². The highest BCUT2D eigenvalue weighted by molar-refractivity contribution is 14.0. The number of nitrogens with one attached hydrogen (secondary N) is 2. The number of carbonyl (C=O) groups excluding carboxylic acids is 2. The predicted octanol–water partition coefficient (Wildman–Crippen LogP) is 1.54. The van der Waals surface area contributed by atoms with Gasteiger partial charge in [0.25, 0.3) is 5.91 Å². The largest absolute Gasteiger partial charge is 0.459 e. The number of halogens is 1. The molecule has 0 saturated carbocycles. The van der Waals surface area contributed by atoms with E-state index in [0.29, 0.717) is 44.4 Å². The van der Waals surface area contributed by atoms with Crippen LogP contribution in [0.2, 0.25) is 0 Å². The minimum absolute atomic E-state index is 0. The van der Waals surface area contributed by atoms with Crippen molar-refractivity contribution in [1.82, 2.24) is 20.4 Å². The summed E-state index contributed by atoms with van der Waals surface area (Å²) in [6.07, 6.45) is 1.50. The van der Waals surface area contributed by atoms with Crippen LogP contribution in [0.1, 0.15) is 38.2 Å². The molecule has 2 N–H and O–H groups in total. The number of aliphatic imine (C=N–C) groups is 1. The second-order valence-corrected chi connectivity index (χ2v) is 7.22. The summed E-state index contributed by atoms with van der Waals surface area (Å²) in [7, 11) is 0. The minimum Gasteiger partial charge on any atom is -0.459 e. The molecule has 1 aliphatic rings. The van der Waals surface area contributed by atoms with Gasteiger partial charge in [-0.05, 0) is 39.8 Å². The number of guanidine groups is 1. The van der Waals surface area contributed by atoms with Gasteiger partial charge in [-0.1, -0.05) is 0 Å². The van der Waals surface area contributed by atoms with E-state index in [2.05, 4.69) is 20.5 Å². The fourth-order valence-corrected chi connectivity index (χ4v) is 2.71. The van der Waals surface area contributed by atoms with Crippen LogP contribution in [-0.4, -0.2) is 72.4 Å². The number of carbonyl (C=O) groups is 2. The molecular formula is C18H30IN5O3. The molecule has 0 atom stereocenters. The molecule has 8 nitrogen and oxygen atoms in total. The summed E-state index contributed by atoms with van der Waals surface area (Å²) in [5.41, 5.74) is -0.275. The van der Waals surface area contributed by atoms with Gasteiger partial charge in [0, 0.05) is 38.3 Å². The van der Waals surface area contributed by atoms with Crippen LogP contribution in [-0.2, 0) is 4.79 Å². The molecule has 1 saturated heterocycles. The van der Waals surface area contributed by atoms with E-state index in [1.807, 2.05) is 27.7 Å². The summed E-state index contributed by atoms with van der Waals surface area (Å²) in [5.74, 6) is 0.847. The smallest absolute Gasteiger partial charge is 0.289 e. The van der Waals surface area contributed by atoms with E-state index < -0.39 is 0 Å². The number of furan rings is 1. The van der Waals surface area contributed by atoms with E-state index in [1.165, 1.54) is 6.26 Å². The molecule has 0 aromatic carbocycles. The van der Waals surface area contributed by atoms with Gasteiger partial charge in [0.05, 0.1) is 6.26 Å². The zero-order valence-electron chi connectivity index (χ0n) is 16.4. The van der Waals surface area contributed by atoms with E-state index in [-0.39, 0.29) is 47.9 Å². The highest BCUT2D eigenvalue weighted by atomic mass is 127. The third kappa shape index (κ3) is 7.39. The SMILES string of the molecule is CCNC(=NCC(=O)NC(C)(C)C)N1CCN(C(=O)c2ccco2)CC1.I. The predicted molar refractivity (Wildman–Crippen MR) is 115 cm³/mol. The highest BCUT2D eigenvalue weighted by Crippen LogP contribution is 2.09. The summed E-state index contributed by atoms with van der Waals surface area (Å²) in [5, 5.41) is 6.12. The maximum absolute atomic E-state index is 12.3. The number of hydrogen-bond donors (Lipinski definition) is 2. The summed E-state index contributed by atoms with van der Waals surface area (Å²) in [4.78, 5) is 32.6. The Morgan fingerprint density at radius 2 is 1.81 bits per heavy atom. The zero-order valence-corrected chi connectivity index (χ0v) is 18.8. The van der Waals surface area contributed by atoms with E-state index in [0.717, 1.165) is 0 Å². The number of hydrogen-bond acceptors (Lipinski definition) is 4. The maximum atomic E-state index is 12.3. The minimum atomic E-state index is -0.275. The van der Waals surface area contributed by atoms with Gasteiger partial charge in [-0.2, -0.15) is 0 Å². The Hall–Kier alpha value is -1.78. The van der Waals surface area contributed by atoms with Gasteiger partial charge in [0.2, 0.25) is 5.91 Å². The number of piperazine rings is 1. The molecule has 0 radical (unpaired) electrons. The van der Waals surface area contributed by atoms with Crippen LogP contribution in [0.5, 0.6) is 0 Å². The van der Waals surface area contributed by atoms with Crippen molar-refractivity contribution >= 4 is 41.8 Å². The molecule has 2 rings (SSSR count). The molecule has 1 fully saturated rings. The highest BCUT2D eigenvalue weighted by Gasteiger charge is 2.25. The summed E-state index contributed by atoms with van der Waals surface area (Å²) in [6.45, 7) is 11.1. The second-order valence-electron chi connectivity index (χ2n) is 7.22. The van der Waals surface area contributed by atoms with E-state index in [1.54, 1.807) is 17.0 Å². The molecule has 0 spiro atoms. The normalized spacial score (nSPS) is 15.2. The first-order valence-corrected chi connectivity index (χ1v) is 8.97. The fourth-order valence-electron chi connectivity index (χ4n) is 2.71. The van der Waals surface area contributed by atoms with Crippen molar-refractivity contribution in [1.29, 1.82) is 0 Å². The first-order valence-electron chi connectivity index (χ1n) is 8.97. The maximum Gasteiger partial charge on any atom is 0.289 e. The van der Waals surface area contributed by atoms with Gasteiger partial charge in [0.1, 0.15) is 6.54 Å². The molecule has 152 valence electrons. The van der Waals surface area contributed by atoms with Gasteiger partial charge in [-0.3, -0.25) is 9.59 Å². The number of rotatable bonds is 4. The monoisotopic (exact) mass is 491 g/mol. The number of amides is 2. The third-order valence-corrected chi connectivity index (χ3v) is 3.82. The Kier molecular flexibility index (Phi) is 9.07. The quantitative estimate of drug-likeness (QED) is 0.379. The summed E-state index contributed by atoms with van der Waals surface area (Å²) >= 11 is 0. The number of nitrogens with zero attached hydrogens (tertiary/aromatic N) is 3. The average molecular weight is 491 g/mol. The Balaban J connectivity index is 0.00000364. The van der Waals surface area contributed by atoms with E-state index in [4.69, 9.17) is 4.42 Å². The van der Waals surface area contributed by atoms with Crippen molar-refractivity contribution in [3.8, 4) is 0 Å². The molecule has 0 bridgehead atoms. The van der Waals surface area contributed by atoms with E-state index in [9.17, 15) is 9.59 Å². The van der Waals surface area contributed by atoms with Gasteiger partial charge in [-0.25, -0.2) is 4.99 Å². The Bertz CT molecular complexity index is 632. The van der Waals surface area contributed by atoms with Crippen molar-refractivity contribution in [2.24, 2.45) is 4.99 Å². The third-order valence-electron chi connectivity index (χ3n) is 3.82. The van der Waals surface area contributed by atoms with E-state index >= 15 is 0 Å².